The Morgan fingerprint density at radius 1 is 1.10 bits per heavy atom. The number of thioether (sulfide) groups is 1. The smallest absolute Gasteiger partial charge is 0.243 e. The van der Waals surface area contributed by atoms with E-state index >= 15 is 0 Å². The Morgan fingerprint density at radius 3 is 2.38 bits per heavy atom. The van der Waals surface area contributed by atoms with Gasteiger partial charge in [0.05, 0.1) is 28.5 Å². The number of carbonyl (C=O) groups is 2. The Morgan fingerprint density at radius 2 is 1.79 bits per heavy atom. The van der Waals surface area contributed by atoms with Crippen LogP contribution in [0.25, 0.3) is 5.69 Å². The third-order valence-corrected chi connectivity index (χ3v) is 9.19. The minimum absolute atomic E-state index is 0.0655. The third-order valence-electron chi connectivity index (χ3n) is 5.90. The molecule has 0 saturated carbocycles. The summed E-state index contributed by atoms with van der Waals surface area (Å²) in [7, 11) is -2.07. The van der Waals surface area contributed by atoms with E-state index in [1.807, 2.05) is 10.6 Å². The molecule has 0 fully saturated rings. The van der Waals surface area contributed by atoms with Gasteiger partial charge in [0, 0.05) is 38.5 Å². The first-order valence-corrected chi connectivity index (χ1v) is 15.2. The lowest BCUT2D eigenvalue weighted by Gasteiger charge is -2.18. The van der Waals surface area contributed by atoms with Crippen LogP contribution in [0.1, 0.15) is 43.4 Å². The van der Waals surface area contributed by atoms with Crippen molar-refractivity contribution < 1.29 is 22.7 Å². The van der Waals surface area contributed by atoms with Crippen molar-refractivity contribution in [3.63, 3.8) is 0 Å². The number of sulfonamides is 1. The molecule has 13 heteroatoms. The van der Waals surface area contributed by atoms with E-state index in [2.05, 4.69) is 15.5 Å². The fourth-order valence-corrected chi connectivity index (χ4v) is 6.43. The second-order valence-electron chi connectivity index (χ2n) is 8.47. The van der Waals surface area contributed by atoms with E-state index < -0.39 is 10.0 Å². The number of ether oxygens (including phenoxy) is 1. The normalized spacial score (nSPS) is 11.5. The molecule has 0 spiro atoms. The highest BCUT2D eigenvalue weighted by atomic mass is 35.5. The first kappa shape index (κ1) is 30.6. The molecule has 210 valence electrons. The molecule has 2 aromatic carbocycles. The predicted octanol–water partition coefficient (Wildman–Crippen LogP) is 4.00. The number of carbonyl (C=O) groups excluding carboxylic acids is 2. The molecule has 0 aliphatic carbocycles. The number of methoxy groups -OCH3 is 1. The van der Waals surface area contributed by atoms with Gasteiger partial charge in [-0.3, -0.25) is 14.2 Å². The van der Waals surface area contributed by atoms with Crippen LogP contribution in [0, 0.1) is 0 Å². The molecule has 0 aliphatic heterocycles. The number of aromatic nitrogens is 3. The standard InChI is InChI=1S/C26H32ClN5O5S2/c1-5-31(6-2)39(35,36)21-12-9-19(10-13-21)23(34)17-38-26-30-29-25(8-7-15-28-18(3)33)32(26)20-11-14-24(37-4)22(27)16-20/h9-14,16H,5-8,15,17H2,1-4H3,(H,28,33). The molecule has 0 radical (unpaired) electrons. The minimum atomic E-state index is -3.60. The number of aryl methyl sites for hydroxylation is 1. The van der Waals surface area contributed by atoms with Gasteiger partial charge in [-0.2, -0.15) is 4.31 Å². The zero-order valence-electron chi connectivity index (χ0n) is 22.3. The number of Topliss-reactive ketones (excluding diaryl/α,β-unsaturated/α-hetero) is 1. The topological polar surface area (TPSA) is 123 Å². The van der Waals surface area contributed by atoms with Crippen LogP contribution in [0.4, 0.5) is 0 Å². The van der Waals surface area contributed by atoms with E-state index in [0.717, 1.165) is 0 Å². The summed E-state index contributed by atoms with van der Waals surface area (Å²) in [6.45, 7) is 6.25. The third kappa shape index (κ3) is 7.59. The summed E-state index contributed by atoms with van der Waals surface area (Å²) in [5, 5.41) is 12.3. The van der Waals surface area contributed by atoms with Crippen LogP contribution in [-0.4, -0.2) is 71.7 Å². The van der Waals surface area contributed by atoms with Crippen molar-refractivity contribution in [1.82, 2.24) is 24.4 Å². The Hall–Kier alpha value is -2.93. The number of nitrogens with one attached hydrogen (secondary N) is 1. The van der Waals surface area contributed by atoms with Gasteiger partial charge >= 0.3 is 0 Å². The molecule has 0 bridgehead atoms. The molecule has 0 aliphatic rings. The van der Waals surface area contributed by atoms with Crippen molar-refractivity contribution in [1.29, 1.82) is 0 Å². The lowest BCUT2D eigenvalue weighted by molar-refractivity contribution is -0.118. The van der Waals surface area contributed by atoms with Crippen LogP contribution >= 0.6 is 23.4 Å². The largest absolute Gasteiger partial charge is 0.495 e. The predicted molar refractivity (Wildman–Crippen MR) is 152 cm³/mol. The second-order valence-corrected chi connectivity index (χ2v) is 11.8. The van der Waals surface area contributed by atoms with Crippen molar-refractivity contribution >= 4 is 45.1 Å². The maximum Gasteiger partial charge on any atom is 0.243 e. The molecule has 0 saturated heterocycles. The lowest BCUT2D eigenvalue weighted by Crippen LogP contribution is -2.30. The van der Waals surface area contributed by atoms with Crippen molar-refractivity contribution in [2.24, 2.45) is 0 Å². The molecule has 0 unspecified atom stereocenters. The summed E-state index contributed by atoms with van der Waals surface area (Å²) in [4.78, 5) is 24.3. The molecule has 0 atom stereocenters. The van der Waals surface area contributed by atoms with Crippen LogP contribution in [0.15, 0.2) is 52.5 Å². The van der Waals surface area contributed by atoms with Crippen LogP contribution in [0.3, 0.4) is 0 Å². The van der Waals surface area contributed by atoms with E-state index in [1.54, 1.807) is 26.0 Å². The number of nitrogens with zero attached hydrogens (tertiary/aromatic N) is 4. The van der Waals surface area contributed by atoms with Gasteiger partial charge in [-0.1, -0.05) is 49.3 Å². The minimum Gasteiger partial charge on any atom is -0.495 e. The fourth-order valence-electron chi connectivity index (χ4n) is 3.86. The van der Waals surface area contributed by atoms with E-state index in [9.17, 15) is 18.0 Å². The summed E-state index contributed by atoms with van der Waals surface area (Å²) in [6.07, 6.45) is 1.18. The van der Waals surface area contributed by atoms with E-state index in [1.165, 1.54) is 54.4 Å². The van der Waals surface area contributed by atoms with E-state index in [4.69, 9.17) is 16.3 Å². The number of rotatable bonds is 14. The zero-order valence-corrected chi connectivity index (χ0v) is 24.7. The van der Waals surface area contributed by atoms with Crippen molar-refractivity contribution in [2.75, 3.05) is 32.5 Å². The molecule has 39 heavy (non-hydrogen) atoms. The summed E-state index contributed by atoms with van der Waals surface area (Å²) in [6, 6.07) is 11.3. The second kappa shape index (κ2) is 13.9. The van der Waals surface area contributed by atoms with Crippen LogP contribution < -0.4 is 10.1 Å². The lowest BCUT2D eigenvalue weighted by atomic mass is 10.1. The Bertz CT molecular complexity index is 1410. The van der Waals surface area contributed by atoms with Gasteiger partial charge in [0.1, 0.15) is 11.6 Å². The fraction of sp³-hybridized carbons (Fsp3) is 0.385. The molecule has 10 nitrogen and oxygen atoms in total. The Kier molecular flexibility index (Phi) is 10.9. The molecule has 1 N–H and O–H groups in total. The molecule has 1 amide bonds. The number of benzene rings is 2. The summed E-state index contributed by atoms with van der Waals surface area (Å²) in [5.74, 6) is 0.961. The average Bonchev–Trinajstić information content (AvgIpc) is 3.32. The maximum absolute atomic E-state index is 13.0. The summed E-state index contributed by atoms with van der Waals surface area (Å²) >= 11 is 7.59. The Labute approximate surface area is 238 Å². The number of halogens is 1. The molecule has 3 aromatic rings. The van der Waals surface area contributed by atoms with E-state index in [0.29, 0.717) is 65.5 Å². The van der Waals surface area contributed by atoms with Gasteiger partial charge in [0.25, 0.3) is 0 Å². The highest BCUT2D eigenvalue weighted by Crippen LogP contribution is 2.30. The zero-order chi connectivity index (χ0) is 28.6. The van der Waals surface area contributed by atoms with E-state index in [-0.39, 0.29) is 22.3 Å². The first-order chi connectivity index (χ1) is 18.6. The number of hydrogen-bond donors (Lipinski definition) is 1. The van der Waals surface area contributed by atoms with Crippen LogP contribution in [-0.2, 0) is 21.2 Å². The summed E-state index contributed by atoms with van der Waals surface area (Å²) in [5.41, 5.74) is 1.11. The Balaban J connectivity index is 1.80. The first-order valence-electron chi connectivity index (χ1n) is 12.4. The SMILES string of the molecule is CCN(CC)S(=O)(=O)c1ccc(C(=O)CSc2nnc(CCCNC(C)=O)n2-c2ccc(OC)c(Cl)c2)cc1. The van der Waals surface area contributed by atoms with Gasteiger partial charge in [0.2, 0.25) is 15.9 Å². The molecular formula is C26H32ClN5O5S2. The number of amides is 1. The molecule has 3 rings (SSSR count). The van der Waals surface area contributed by atoms with Crippen molar-refractivity contribution in [2.45, 2.75) is 43.7 Å². The van der Waals surface area contributed by atoms with Crippen LogP contribution in [0.2, 0.25) is 5.02 Å². The quantitative estimate of drug-likeness (QED) is 0.169. The van der Waals surface area contributed by atoms with Gasteiger partial charge in [-0.05, 0) is 36.8 Å². The molecule has 1 aromatic heterocycles. The van der Waals surface area contributed by atoms with Crippen molar-refractivity contribution in [3.8, 4) is 11.4 Å². The highest BCUT2D eigenvalue weighted by Gasteiger charge is 2.22. The van der Waals surface area contributed by atoms with Gasteiger partial charge in [-0.15, -0.1) is 10.2 Å². The highest BCUT2D eigenvalue weighted by molar-refractivity contribution is 7.99. The average molecular weight is 594 g/mol. The number of ketones is 1. The summed E-state index contributed by atoms with van der Waals surface area (Å²) < 4.78 is 33.9. The van der Waals surface area contributed by atoms with Crippen LogP contribution in [0.5, 0.6) is 5.75 Å². The van der Waals surface area contributed by atoms with Gasteiger partial charge in [0.15, 0.2) is 10.9 Å². The monoisotopic (exact) mass is 593 g/mol. The van der Waals surface area contributed by atoms with Gasteiger partial charge < -0.3 is 10.1 Å². The molecular weight excluding hydrogens is 562 g/mol. The molecule has 1 heterocycles. The van der Waals surface area contributed by atoms with Crippen molar-refractivity contribution in [3.05, 3.63) is 58.9 Å². The number of hydrogen-bond acceptors (Lipinski definition) is 8. The van der Waals surface area contributed by atoms with Gasteiger partial charge in [-0.25, -0.2) is 8.42 Å². The maximum atomic E-state index is 13.0.